The Bertz CT molecular complexity index is 946. The Balaban J connectivity index is 2.32. The van der Waals surface area contributed by atoms with Crippen LogP contribution in [0.4, 0.5) is 0 Å². The van der Waals surface area contributed by atoms with Gasteiger partial charge in [-0.2, -0.15) is 0 Å². The molecule has 2 rings (SSSR count). The van der Waals surface area contributed by atoms with Crippen LogP contribution < -0.4 is 0 Å². The van der Waals surface area contributed by atoms with Gasteiger partial charge in [0.05, 0.1) is 25.5 Å². The molecule has 140 valence electrons. The summed E-state index contributed by atoms with van der Waals surface area (Å²) in [6.07, 6.45) is 0. The molecule has 0 fully saturated rings. The first kappa shape index (κ1) is 21.0. The van der Waals surface area contributed by atoms with Crippen LogP contribution in [0.25, 0.3) is 0 Å². The van der Waals surface area contributed by atoms with Crippen LogP contribution in [-0.2, 0) is 16.6 Å². The molecule has 0 saturated carbocycles. The summed E-state index contributed by atoms with van der Waals surface area (Å²) in [7, 11) is 0.756. The number of nitrogens with zero attached hydrogens (tertiary/aromatic N) is 2. The van der Waals surface area contributed by atoms with E-state index in [1.165, 1.54) is 37.2 Å². The number of carbonyl (C=O) groups excluding carboxylic acids is 1. The van der Waals surface area contributed by atoms with E-state index in [-0.39, 0.29) is 22.0 Å². The highest BCUT2D eigenvalue weighted by Gasteiger charge is 2.22. The van der Waals surface area contributed by atoms with Gasteiger partial charge in [-0.25, -0.2) is 12.7 Å². The van der Waals surface area contributed by atoms with E-state index >= 15 is 0 Å². The summed E-state index contributed by atoms with van der Waals surface area (Å²) in [6, 6.07) is 9.13. The van der Waals surface area contributed by atoms with Gasteiger partial charge in [0.15, 0.2) is 0 Å². The highest BCUT2D eigenvalue weighted by atomic mass is 35.5. The second-order valence-electron chi connectivity index (χ2n) is 5.84. The fourth-order valence-corrected chi connectivity index (χ4v) is 3.68. The maximum Gasteiger partial charge on any atom is 0.255 e. The maximum absolute atomic E-state index is 12.7. The molecule has 2 aromatic rings. The number of amides is 1. The molecule has 0 aromatic heterocycles. The third-order valence-corrected chi connectivity index (χ3v) is 6.58. The normalized spacial score (nSPS) is 11.7. The number of carbonyl (C=O) groups is 1. The lowest BCUT2D eigenvalue weighted by molar-refractivity contribution is 0.0785. The quantitative estimate of drug-likeness (QED) is 0.708. The second-order valence-corrected chi connectivity index (χ2v) is 9.21. The zero-order chi connectivity index (χ0) is 19.6. The molecule has 0 saturated heterocycles. The SMILES string of the molecule is CN(Cc1ccc(Cl)c(Cl)c1)C(=O)c1cc(S(=O)(=O)N(C)C)ccc1Cl. The number of hydrogen-bond acceptors (Lipinski definition) is 3. The molecule has 5 nitrogen and oxygen atoms in total. The van der Waals surface area contributed by atoms with E-state index in [4.69, 9.17) is 34.8 Å². The van der Waals surface area contributed by atoms with Gasteiger partial charge < -0.3 is 4.90 Å². The smallest absolute Gasteiger partial charge is 0.255 e. The Kier molecular flexibility index (Phi) is 6.58. The first-order valence-electron chi connectivity index (χ1n) is 7.45. The van der Waals surface area contributed by atoms with Gasteiger partial charge in [-0.05, 0) is 35.9 Å². The van der Waals surface area contributed by atoms with Crippen molar-refractivity contribution < 1.29 is 13.2 Å². The molecule has 0 unspecified atom stereocenters. The lowest BCUT2D eigenvalue weighted by Crippen LogP contribution is -2.27. The molecular weight excluding hydrogens is 419 g/mol. The molecule has 0 N–H and O–H groups in total. The average Bonchev–Trinajstić information content (AvgIpc) is 2.57. The third kappa shape index (κ3) is 4.50. The number of benzene rings is 2. The lowest BCUT2D eigenvalue weighted by atomic mass is 10.1. The van der Waals surface area contributed by atoms with Gasteiger partial charge in [0.2, 0.25) is 10.0 Å². The third-order valence-electron chi connectivity index (χ3n) is 3.70. The molecule has 26 heavy (non-hydrogen) atoms. The van der Waals surface area contributed by atoms with Crippen LogP contribution in [0.3, 0.4) is 0 Å². The Morgan fingerprint density at radius 1 is 0.923 bits per heavy atom. The minimum Gasteiger partial charge on any atom is -0.337 e. The Morgan fingerprint density at radius 2 is 1.54 bits per heavy atom. The molecular formula is C17H17Cl3N2O3S. The van der Waals surface area contributed by atoms with Gasteiger partial charge >= 0.3 is 0 Å². The maximum atomic E-state index is 12.7. The first-order chi connectivity index (χ1) is 12.0. The Hall–Kier alpha value is -1.31. The van der Waals surface area contributed by atoms with Crippen LogP contribution in [0, 0.1) is 0 Å². The van der Waals surface area contributed by atoms with Crippen LogP contribution >= 0.6 is 34.8 Å². The molecule has 0 atom stereocenters. The molecule has 1 amide bonds. The largest absolute Gasteiger partial charge is 0.337 e. The van der Waals surface area contributed by atoms with E-state index in [0.29, 0.717) is 10.0 Å². The zero-order valence-electron chi connectivity index (χ0n) is 14.3. The van der Waals surface area contributed by atoms with Crippen molar-refractivity contribution >= 4 is 50.7 Å². The van der Waals surface area contributed by atoms with E-state index in [1.807, 2.05) is 0 Å². The molecule has 0 spiro atoms. The van der Waals surface area contributed by atoms with Crippen molar-refractivity contribution in [2.45, 2.75) is 11.4 Å². The Labute approximate surface area is 168 Å². The van der Waals surface area contributed by atoms with Gasteiger partial charge in [0.1, 0.15) is 0 Å². The predicted octanol–water partition coefficient (Wildman–Crippen LogP) is 4.17. The van der Waals surface area contributed by atoms with E-state index in [0.717, 1.165) is 9.87 Å². The van der Waals surface area contributed by atoms with Gasteiger partial charge in [0, 0.05) is 27.7 Å². The zero-order valence-corrected chi connectivity index (χ0v) is 17.4. The van der Waals surface area contributed by atoms with Gasteiger partial charge in [-0.15, -0.1) is 0 Å². The molecule has 0 aliphatic carbocycles. The van der Waals surface area contributed by atoms with Crippen LogP contribution in [-0.4, -0.2) is 44.7 Å². The lowest BCUT2D eigenvalue weighted by Gasteiger charge is -2.19. The van der Waals surface area contributed by atoms with E-state index in [2.05, 4.69) is 0 Å². The predicted molar refractivity (Wildman–Crippen MR) is 105 cm³/mol. The van der Waals surface area contributed by atoms with Gasteiger partial charge in [0.25, 0.3) is 5.91 Å². The van der Waals surface area contributed by atoms with Crippen molar-refractivity contribution in [3.63, 3.8) is 0 Å². The number of halogens is 3. The molecule has 0 heterocycles. The molecule has 2 aromatic carbocycles. The minimum atomic E-state index is -3.67. The van der Waals surface area contributed by atoms with Crippen molar-refractivity contribution in [3.8, 4) is 0 Å². The minimum absolute atomic E-state index is 0.00168. The summed E-state index contributed by atoms with van der Waals surface area (Å²) in [5, 5.41) is 0.991. The summed E-state index contributed by atoms with van der Waals surface area (Å²) >= 11 is 18.0. The van der Waals surface area contributed by atoms with Crippen LogP contribution in [0.15, 0.2) is 41.3 Å². The van der Waals surface area contributed by atoms with Crippen molar-refractivity contribution in [1.82, 2.24) is 9.21 Å². The summed E-state index contributed by atoms with van der Waals surface area (Å²) in [6.45, 7) is 0.261. The molecule has 9 heteroatoms. The van der Waals surface area contributed by atoms with Crippen molar-refractivity contribution in [2.75, 3.05) is 21.1 Å². The Morgan fingerprint density at radius 3 is 2.12 bits per heavy atom. The number of sulfonamides is 1. The highest BCUT2D eigenvalue weighted by Crippen LogP contribution is 2.25. The van der Waals surface area contributed by atoms with Gasteiger partial charge in [-0.1, -0.05) is 40.9 Å². The fraction of sp³-hybridized carbons (Fsp3) is 0.235. The summed E-state index contributed by atoms with van der Waals surface area (Å²) < 4.78 is 25.6. The van der Waals surface area contributed by atoms with Crippen molar-refractivity contribution in [3.05, 3.63) is 62.6 Å². The van der Waals surface area contributed by atoms with Crippen LogP contribution in [0.2, 0.25) is 15.1 Å². The fourth-order valence-electron chi connectivity index (χ4n) is 2.23. The molecule has 0 radical (unpaired) electrons. The molecule has 0 bridgehead atoms. The standard InChI is InChI=1S/C17H17Cl3N2O3S/c1-21(2)26(24,25)12-5-7-14(18)13(9-12)17(23)22(3)10-11-4-6-15(19)16(20)8-11/h4-9H,10H2,1-3H3. The van der Waals surface area contributed by atoms with Crippen molar-refractivity contribution in [1.29, 1.82) is 0 Å². The van der Waals surface area contributed by atoms with Gasteiger partial charge in [-0.3, -0.25) is 4.79 Å². The van der Waals surface area contributed by atoms with E-state index < -0.39 is 15.9 Å². The monoisotopic (exact) mass is 434 g/mol. The number of hydrogen-bond donors (Lipinski definition) is 0. The van der Waals surface area contributed by atoms with Crippen LogP contribution in [0.1, 0.15) is 15.9 Å². The highest BCUT2D eigenvalue weighted by molar-refractivity contribution is 7.89. The molecule has 0 aliphatic rings. The molecule has 0 aliphatic heterocycles. The topological polar surface area (TPSA) is 57.7 Å². The van der Waals surface area contributed by atoms with E-state index in [1.54, 1.807) is 25.2 Å². The second kappa shape index (κ2) is 8.15. The van der Waals surface area contributed by atoms with Crippen LogP contribution in [0.5, 0.6) is 0 Å². The number of rotatable bonds is 5. The van der Waals surface area contributed by atoms with E-state index in [9.17, 15) is 13.2 Å². The van der Waals surface area contributed by atoms with Crippen molar-refractivity contribution in [2.24, 2.45) is 0 Å². The summed E-state index contributed by atoms with van der Waals surface area (Å²) in [4.78, 5) is 14.2. The summed E-state index contributed by atoms with van der Waals surface area (Å²) in [5.74, 6) is -0.406. The average molecular weight is 436 g/mol. The summed E-state index contributed by atoms with van der Waals surface area (Å²) in [5.41, 5.74) is 0.889. The first-order valence-corrected chi connectivity index (χ1v) is 10.0.